The first-order valence-corrected chi connectivity index (χ1v) is 3.43. The largest absolute Gasteiger partial charge is 0.497 e. The predicted octanol–water partition coefficient (Wildman–Crippen LogP) is 0.768. The van der Waals surface area contributed by atoms with Crippen molar-refractivity contribution in [2.75, 3.05) is 18.6 Å². The maximum atomic E-state index is 10.4. The van der Waals surface area contributed by atoms with Crippen LogP contribution in [-0.2, 0) is 0 Å². The maximum Gasteiger partial charge on any atom is 0.315 e. The van der Waals surface area contributed by atoms with Crippen molar-refractivity contribution in [2.45, 2.75) is 0 Å². The average molecular weight is 183 g/mol. The molecule has 1 aromatic rings. The van der Waals surface area contributed by atoms with E-state index in [4.69, 9.17) is 16.2 Å². The van der Waals surface area contributed by atoms with E-state index < -0.39 is 4.92 Å². The second-order valence-electron chi connectivity index (χ2n) is 2.41. The van der Waals surface area contributed by atoms with Crippen molar-refractivity contribution in [3.05, 3.63) is 22.2 Å². The van der Waals surface area contributed by atoms with Crippen LogP contribution in [0.1, 0.15) is 0 Å². The Kier molecular flexibility index (Phi) is 2.23. The van der Waals surface area contributed by atoms with Gasteiger partial charge >= 0.3 is 5.69 Å². The monoisotopic (exact) mass is 183 g/mol. The number of anilines is 2. The number of nitro benzene ring substituents is 1. The minimum absolute atomic E-state index is 0.00171. The summed E-state index contributed by atoms with van der Waals surface area (Å²) in [7, 11) is 1.43. The molecule has 1 aromatic carbocycles. The number of hydrogen-bond donors (Lipinski definition) is 2. The van der Waals surface area contributed by atoms with Crippen LogP contribution in [0.3, 0.4) is 0 Å². The Morgan fingerprint density at radius 1 is 1.38 bits per heavy atom. The first-order valence-electron chi connectivity index (χ1n) is 3.43. The van der Waals surface area contributed by atoms with Crippen LogP contribution in [0.15, 0.2) is 12.1 Å². The molecule has 0 unspecified atom stereocenters. The smallest absolute Gasteiger partial charge is 0.315 e. The zero-order valence-corrected chi connectivity index (χ0v) is 6.98. The molecule has 0 spiro atoms. The van der Waals surface area contributed by atoms with Gasteiger partial charge in [-0.2, -0.15) is 0 Å². The van der Waals surface area contributed by atoms with Crippen molar-refractivity contribution in [3.63, 3.8) is 0 Å². The van der Waals surface area contributed by atoms with E-state index in [2.05, 4.69) is 0 Å². The van der Waals surface area contributed by atoms with Crippen LogP contribution >= 0.6 is 0 Å². The Balaban J connectivity index is 3.31. The van der Waals surface area contributed by atoms with Gasteiger partial charge in [0.15, 0.2) is 0 Å². The van der Waals surface area contributed by atoms with Crippen molar-refractivity contribution in [3.8, 4) is 5.75 Å². The van der Waals surface area contributed by atoms with E-state index in [9.17, 15) is 10.1 Å². The average Bonchev–Trinajstić information content (AvgIpc) is 2.02. The zero-order chi connectivity index (χ0) is 10.0. The molecule has 0 radical (unpaired) electrons. The number of nitro groups is 1. The molecule has 13 heavy (non-hydrogen) atoms. The summed E-state index contributed by atoms with van der Waals surface area (Å²) in [4.78, 5) is 9.83. The lowest BCUT2D eigenvalue weighted by molar-refractivity contribution is -0.383. The van der Waals surface area contributed by atoms with Gasteiger partial charge in [0.1, 0.15) is 17.1 Å². The van der Waals surface area contributed by atoms with Crippen LogP contribution in [0.4, 0.5) is 17.1 Å². The second kappa shape index (κ2) is 3.18. The van der Waals surface area contributed by atoms with Gasteiger partial charge in [-0.25, -0.2) is 0 Å². The Labute approximate surface area is 74.2 Å². The standard InChI is InChI=1S/C7H9N3O3/c1-13-4-2-5(8)7(10(11)12)6(9)3-4/h2-3H,8-9H2,1H3. The number of nitrogen functional groups attached to an aromatic ring is 2. The van der Waals surface area contributed by atoms with Crippen molar-refractivity contribution >= 4 is 17.1 Å². The molecule has 0 aliphatic carbocycles. The lowest BCUT2D eigenvalue weighted by atomic mass is 10.2. The summed E-state index contributed by atoms with van der Waals surface area (Å²) in [6.45, 7) is 0. The molecule has 0 aliphatic heterocycles. The zero-order valence-electron chi connectivity index (χ0n) is 6.98. The van der Waals surface area contributed by atoms with Crippen LogP contribution in [0.5, 0.6) is 5.75 Å². The van der Waals surface area contributed by atoms with E-state index in [1.54, 1.807) is 0 Å². The number of methoxy groups -OCH3 is 1. The molecule has 6 heteroatoms. The van der Waals surface area contributed by atoms with Gasteiger partial charge in [0.2, 0.25) is 0 Å². The molecule has 70 valence electrons. The minimum atomic E-state index is -0.621. The topological polar surface area (TPSA) is 104 Å². The highest BCUT2D eigenvalue weighted by Gasteiger charge is 2.17. The molecule has 0 saturated carbocycles. The van der Waals surface area contributed by atoms with E-state index in [-0.39, 0.29) is 17.1 Å². The Morgan fingerprint density at radius 2 is 1.85 bits per heavy atom. The van der Waals surface area contributed by atoms with Crippen molar-refractivity contribution in [1.82, 2.24) is 0 Å². The van der Waals surface area contributed by atoms with E-state index in [0.717, 1.165) is 0 Å². The summed E-state index contributed by atoms with van der Waals surface area (Å²) in [6, 6.07) is 2.71. The van der Waals surface area contributed by atoms with Gasteiger partial charge in [0.25, 0.3) is 0 Å². The third-order valence-electron chi connectivity index (χ3n) is 1.56. The summed E-state index contributed by atoms with van der Waals surface area (Å²) >= 11 is 0. The fraction of sp³-hybridized carbons (Fsp3) is 0.143. The lowest BCUT2D eigenvalue weighted by Crippen LogP contribution is -2.01. The highest BCUT2D eigenvalue weighted by molar-refractivity contribution is 5.75. The van der Waals surface area contributed by atoms with Crippen LogP contribution < -0.4 is 16.2 Å². The van der Waals surface area contributed by atoms with Gasteiger partial charge in [0.05, 0.1) is 12.0 Å². The fourth-order valence-corrected chi connectivity index (χ4v) is 0.980. The molecular weight excluding hydrogens is 174 g/mol. The second-order valence-corrected chi connectivity index (χ2v) is 2.41. The van der Waals surface area contributed by atoms with Crippen molar-refractivity contribution < 1.29 is 9.66 Å². The minimum Gasteiger partial charge on any atom is -0.497 e. The number of nitrogens with zero attached hydrogens (tertiary/aromatic N) is 1. The number of rotatable bonds is 2. The van der Waals surface area contributed by atoms with Gasteiger partial charge in [0, 0.05) is 12.1 Å². The first kappa shape index (κ1) is 9.11. The molecule has 0 bridgehead atoms. The maximum absolute atomic E-state index is 10.4. The third-order valence-corrected chi connectivity index (χ3v) is 1.56. The van der Waals surface area contributed by atoms with Gasteiger partial charge in [-0.15, -0.1) is 0 Å². The Hall–Kier alpha value is -1.98. The molecule has 4 N–H and O–H groups in total. The summed E-state index contributed by atoms with van der Waals surface area (Å²) in [5.41, 5.74) is 10.5. The van der Waals surface area contributed by atoms with Crippen LogP contribution in [0, 0.1) is 10.1 Å². The highest BCUT2D eigenvalue weighted by Crippen LogP contribution is 2.32. The summed E-state index contributed by atoms with van der Waals surface area (Å²) in [6.07, 6.45) is 0. The number of benzene rings is 1. The molecule has 0 fully saturated rings. The van der Waals surface area contributed by atoms with E-state index in [1.165, 1.54) is 19.2 Å². The van der Waals surface area contributed by atoms with Gasteiger partial charge < -0.3 is 16.2 Å². The molecule has 1 rings (SSSR count). The molecule has 0 saturated heterocycles. The van der Waals surface area contributed by atoms with Gasteiger partial charge in [-0.1, -0.05) is 0 Å². The summed E-state index contributed by atoms with van der Waals surface area (Å²) in [5, 5.41) is 10.4. The molecule has 0 aliphatic rings. The van der Waals surface area contributed by atoms with Gasteiger partial charge in [-0.05, 0) is 0 Å². The molecule has 0 aromatic heterocycles. The molecule has 6 nitrogen and oxygen atoms in total. The first-order chi connectivity index (χ1) is 6.06. The molecule has 0 heterocycles. The summed E-state index contributed by atoms with van der Waals surface area (Å²) in [5.74, 6) is 0.403. The molecular formula is C7H9N3O3. The molecule has 0 atom stereocenters. The number of nitrogens with two attached hydrogens (primary N) is 2. The normalized spacial score (nSPS) is 9.62. The van der Waals surface area contributed by atoms with Gasteiger partial charge in [-0.3, -0.25) is 10.1 Å². The summed E-state index contributed by atoms with van der Waals surface area (Å²) < 4.78 is 4.83. The van der Waals surface area contributed by atoms with E-state index >= 15 is 0 Å². The van der Waals surface area contributed by atoms with Crippen LogP contribution in [0.2, 0.25) is 0 Å². The van der Waals surface area contributed by atoms with Crippen molar-refractivity contribution in [1.29, 1.82) is 0 Å². The third kappa shape index (κ3) is 1.61. The van der Waals surface area contributed by atoms with E-state index in [1.807, 2.05) is 0 Å². The van der Waals surface area contributed by atoms with Crippen LogP contribution in [0.25, 0.3) is 0 Å². The van der Waals surface area contributed by atoms with E-state index in [0.29, 0.717) is 5.75 Å². The predicted molar refractivity (Wildman–Crippen MR) is 48.5 cm³/mol. The van der Waals surface area contributed by atoms with Crippen molar-refractivity contribution in [2.24, 2.45) is 0 Å². The fourth-order valence-electron chi connectivity index (χ4n) is 0.980. The Bertz CT molecular complexity index is 328. The number of hydrogen-bond acceptors (Lipinski definition) is 5. The number of ether oxygens (including phenoxy) is 1. The quantitative estimate of drug-likeness (QED) is 0.400. The highest BCUT2D eigenvalue weighted by atomic mass is 16.6. The lowest BCUT2D eigenvalue weighted by Gasteiger charge is -2.04. The molecule has 0 amide bonds. The SMILES string of the molecule is COc1cc(N)c([N+](=O)[O-])c(N)c1. The van der Waals surface area contributed by atoms with Crippen LogP contribution in [-0.4, -0.2) is 12.0 Å². The Morgan fingerprint density at radius 3 is 2.15 bits per heavy atom.